The number of carbonyl (C=O) groups is 2. The summed E-state index contributed by atoms with van der Waals surface area (Å²) < 4.78 is 5.39. The Kier molecular flexibility index (Phi) is 6.18. The molecule has 1 aromatic rings. The van der Waals surface area contributed by atoms with Crippen LogP contribution in [0.4, 0.5) is 0 Å². The van der Waals surface area contributed by atoms with Crippen LogP contribution in [0.5, 0.6) is 0 Å². The van der Waals surface area contributed by atoms with Gasteiger partial charge in [-0.15, -0.1) is 0 Å². The number of nitrogens with one attached hydrogen (secondary N) is 1. The molecule has 1 aliphatic heterocycles. The van der Waals surface area contributed by atoms with Crippen molar-refractivity contribution in [1.29, 1.82) is 0 Å². The molecule has 2 heterocycles. The number of rotatable bonds is 6. The monoisotopic (exact) mass is 389 g/mol. The summed E-state index contributed by atoms with van der Waals surface area (Å²) in [4.78, 5) is 30.4. The number of hydrogen-bond acceptors (Lipinski definition) is 4. The molecule has 0 radical (unpaired) electrons. The highest BCUT2D eigenvalue weighted by molar-refractivity contribution is 5.95. The molecule has 3 rings (SSSR count). The molecule has 1 unspecified atom stereocenters. The van der Waals surface area contributed by atoms with Gasteiger partial charge in [0.1, 0.15) is 5.76 Å². The number of hydrogen-bond donors (Lipinski definition) is 1. The van der Waals surface area contributed by atoms with Crippen molar-refractivity contribution in [1.82, 2.24) is 15.1 Å². The number of aryl methyl sites for hydroxylation is 1. The van der Waals surface area contributed by atoms with E-state index >= 15 is 0 Å². The van der Waals surface area contributed by atoms with Gasteiger partial charge in [0.2, 0.25) is 5.91 Å². The standard InChI is InChI=1S/C22H35N3O3/c1-5-18-17(9-14-28-18)19(26)23-21(2)12-13-25(15-21)20(27)22(16-24(3)4)10-7-6-8-11-22/h9,14H,5-8,10-13,15-16H2,1-4H3,(H,23,26). The molecule has 1 saturated heterocycles. The second kappa shape index (κ2) is 8.27. The van der Waals surface area contributed by atoms with Gasteiger partial charge in [-0.1, -0.05) is 26.2 Å². The van der Waals surface area contributed by atoms with Gasteiger partial charge in [0.25, 0.3) is 5.91 Å². The highest BCUT2D eigenvalue weighted by Gasteiger charge is 2.46. The molecule has 6 nitrogen and oxygen atoms in total. The maximum absolute atomic E-state index is 13.5. The van der Waals surface area contributed by atoms with E-state index in [1.807, 2.05) is 32.8 Å². The highest BCUT2D eigenvalue weighted by atomic mass is 16.3. The molecule has 1 atom stereocenters. The average Bonchev–Trinajstić information content (AvgIpc) is 3.28. The smallest absolute Gasteiger partial charge is 0.255 e. The van der Waals surface area contributed by atoms with Gasteiger partial charge in [-0.05, 0) is 46.3 Å². The molecule has 6 heteroatoms. The lowest BCUT2D eigenvalue weighted by atomic mass is 9.72. The van der Waals surface area contributed by atoms with Crippen LogP contribution in [0.25, 0.3) is 0 Å². The number of amides is 2. The molecular weight excluding hydrogens is 354 g/mol. The van der Waals surface area contributed by atoms with E-state index in [4.69, 9.17) is 4.42 Å². The van der Waals surface area contributed by atoms with Gasteiger partial charge in [-0.3, -0.25) is 9.59 Å². The summed E-state index contributed by atoms with van der Waals surface area (Å²) in [6, 6.07) is 1.73. The van der Waals surface area contributed by atoms with Gasteiger partial charge < -0.3 is 19.5 Å². The Labute approximate surface area is 168 Å². The quantitative estimate of drug-likeness (QED) is 0.812. The van der Waals surface area contributed by atoms with Gasteiger partial charge in [0.05, 0.1) is 22.8 Å². The Balaban J connectivity index is 1.69. The van der Waals surface area contributed by atoms with Crippen LogP contribution in [-0.4, -0.2) is 60.9 Å². The van der Waals surface area contributed by atoms with Crippen LogP contribution >= 0.6 is 0 Å². The Hall–Kier alpha value is -1.82. The van der Waals surface area contributed by atoms with Crippen LogP contribution in [0.2, 0.25) is 0 Å². The fourth-order valence-corrected chi connectivity index (χ4v) is 5.00. The summed E-state index contributed by atoms with van der Waals surface area (Å²) in [6.45, 7) is 6.11. The Bertz CT molecular complexity index is 706. The normalized spacial score (nSPS) is 24.5. The van der Waals surface area contributed by atoms with Crippen LogP contribution in [0.1, 0.15) is 68.5 Å². The molecule has 1 aromatic heterocycles. The largest absolute Gasteiger partial charge is 0.469 e. The zero-order valence-electron chi connectivity index (χ0n) is 17.8. The van der Waals surface area contributed by atoms with Crippen LogP contribution < -0.4 is 5.32 Å². The SMILES string of the molecule is CCc1occc1C(=O)NC1(C)CCN(C(=O)C2(CN(C)C)CCCCC2)C1. The first-order valence-electron chi connectivity index (χ1n) is 10.6. The summed E-state index contributed by atoms with van der Waals surface area (Å²) in [5.74, 6) is 0.874. The van der Waals surface area contributed by atoms with E-state index in [0.29, 0.717) is 30.8 Å². The third-order valence-electron chi connectivity index (χ3n) is 6.37. The lowest BCUT2D eigenvalue weighted by Gasteiger charge is -2.40. The molecule has 0 bridgehead atoms. The first-order valence-corrected chi connectivity index (χ1v) is 10.6. The Morgan fingerprint density at radius 2 is 1.93 bits per heavy atom. The molecule has 0 aromatic carbocycles. The first-order chi connectivity index (χ1) is 13.3. The van der Waals surface area contributed by atoms with Crippen LogP contribution in [0.3, 0.4) is 0 Å². The summed E-state index contributed by atoms with van der Waals surface area (Å²) in [7, 11) is 4.10. The van der Waals surface area contributed by atoms with E-state index in [9.17, 15) is 9.59 Å². The van der Waals surface area contributed by atoms with Crippen molar-refractivity contribution in [3.05, 3.63) is 23.7 Å². The zero-order chi connectivity index (χ0) is 20.4. The zero-order valence-corrected chi connectivity index (χ0v) is 17.8. The molecule has 2 fully saturated rings. The third kappa shape index (κ3) is 4.27. The minimum atomic E-state index is -0.400. The highest BCUT2D eigenvalue weighted by Crippen LogP contribution is 2.40. The molecule has 1 saturated carbocycles. The van der Waals surface area contributed by atoms with Gasteiger partial charge in [0, 0.05) is 26.1 Å². The molecule has 156 valence electrons. The predicted molar refractivity (Wildman–Crippen MR) is 109 cm³/mol. The van der Waals surface area contributed by atoms with E-state index in [2.05, 4.69) is 10.2 Å². The number of furan rings is 1. The lowest BCUT2D eigenvalue weighted by molar-refractivity contribution is -0.144. The summed E-state index contributed by atoms with van der Waals surface area (Å²) in [5.41, 5.74) is -0.0650. The van der Waals surface area contributed by atoms with Gasteiger partial charge in [-0.2, -0.15) is 0 Å². The maximum atomic E-state index is 13.5. The number of nitrogens with zero attached hydrogens (tertiary/aromatic N) is 2. The first kappa shape index (κ1) is 20.9. The minimum absolute atomic E-state index is 0.108. The average molecular weight is 390 g/mol. The van der Waals surface area contributed by atoms with Crippen molar-refractivity contribution in [3.8, 4) is 0 Å². The van der Waals surface area contributed by atoms with Gasteiger partial charge in [0.15, 0.2) is 0 Å². The van der Waals surface area contributed by atoms with E-state index in [0.717, 1.165) is 38.6 Å². The summed E-state index contributed by atoms with van der Waals surface area (Å²) in [6.07, 6.45) is 8.45. The van der Waals surface area contributed by atoms with Crippen LogP contribution in [-0.2, 0) is 11.2 Å². The molecule has 2 aliphatic rings. The van der Waals surface area contributed by atoms with Crippen LogP contribution in [0.15, 0.2) is 16.7 Å². The topological polar surface area (TPSA) is 65.8 Å². The van der Waals surface area contributed by atoms with E-state index in [-0.39, 0.29) is 17.2 Å². The fraction of sp³-hybridized carbons (Fsp3) is 0.727. The van der Waals surface area contributed by atoms with Crippen molar-refractivity contribution >= 4 is 11.8 Å². The van der Waals surface area contributed by atoms with E-state index < -0.39 is 5.54 Å². The second-order valence-electron chi connectivity index (χ2n) is 9.18. The Morgan fingerprint density at radius 1 is 1.21 bits per heavy atom. The van der Waals surface area contributed by atoms with Gasteiger partial charge in [-0.25, -0.2) is 0 Å². The van der Waals surface area contributed by atoms with Crippen molar-refractivity contribution in [3.63, 3.8) is 0 Å². The predicted octanol–water partition coefficient (Wildman–Crippen LogP) is 3.07. The van der Waals surface area contributed by atoms with Crippen molar-refractivity contribution < 1.29 is 14.0 Å². The fourth-order valence-electron chi connectivity index (χ4n) is 5.00. The second-order valence-corrected chi connectivity index (χ2v) is 9.18. The van der Waals surface area contributed by atoms with Crippen molar-refractivity contribution in [2.75, 3.05) is 33.7 Å². The van der Waals surface area contributed by atoms with Crippen LogP contribution in [0, 0.1) is 5.41 Å². The van der Waals surface area contributed by atoms with Crippen molar-refractivity contribution in [2.45, 2.75) is 64.3 Å². The van der Waals surface area contributed by atoms with E-state index in [1.54, 1.807) is 12.3 Å². The van der Waals surface area contributed by atoms with E-state index in [1.165, 1.54) is 6.42 Å². The summed E-state index contributed by atoms with van der Waals surface area (Å²) in [5, 5.41) is 3.17. The molecule has 2 amide bonds. The molecule has 1 N–H and O–H groups in total. The molecule has 1 aliphatic carbocycles. The third-order valence-corrected chi connectivity index (χ3v) is 6.37. The molecular formula is C22H35N3O3. The van der Waals surface area contributed by atoms with Gasteiger partial charge >= 0.3 is 0 Å². The molecule has 0 spiro atoms. The maximum Gasteiger partial charge on any atom is 0.255 e. The number of carbonyl (C=O) groups excluding carboxylic acids is 2. The molecule has 28 heavy (non-hydrogen) atoms. The van der Waals surface area contributed by atoms with Crippen molar-refractivity contribution in [2.24, 2.45) is 5.41 Å². The number of likely N-dealkylation sites (tertiary alicyclic amines) is 1. The lowest BCUT2D eigenvalue weighted by Crippen LogP contribution is -2.52. The minimum Gasteiger partial charge on any atom is -0.469 e. The Morgan fingerprint density at radius 3 is 2.57 bits per heavy atom. The summed E-state index contributed by atoms with van der Waals surface area (Å²) >= 11 is 0.